The minimum absolute atomic E-state index is 0.199. The Morgan fingerprint density at radius 2 is 1.87 bits per heavy atom. The highest BCUT2D eigenvalue weighted by Gasteiger charge is 2.30. The molecule has 0 aliphatic heterocycles. The van der Waals surface area contributed by atoms with Crippen LogP contribution >= 0.6 is 0 Å². The van der Waals surface area contributed by atoms with E-state index in [9.17, 15) is 18.0 Å². The smallest absolute Gasteiger partial charge is 0.350 e. The number of para-hydroxylation sites is 2. The summed E-state index contributed by atoms with van der Waals surface area (Å²) in [4.78, 5) is 20.9. The van der Waals surface area contributed by atoms with Gasteiger partial charge in [0, 0.05) is 19.3 Å². The molecule has 0 aliphatic rings. The Hall–Kier alpha value is -3.69. The third kappa shape index (κ3) is 4.00. The summed E-state index contributed by atoms with van der Waals surface area (Å²) in [6.07, 6.45) is -2.34. The monoisotopic (exact) mass is 428 g/mol. The van der Waals surface area contributed by atoms with Crippen LogP contribution in [0.1, 0.15) is 27.4 Å². The van der Waals surface area contributed by atoms with Gasteiger partial charge in [0.1, 0.15) is 5.82 Å². The molecule has 31 heavy (non-hydrogen) atoms. The number of imidazole rings is 1. The van der Waals surface area contributed by atoms with Crippen molar-refractivity contribution in [2.24, 2.45) is 0 Å². The number of aryl methyl sites for hydroxylation is 1. The van der Waals surface area contributed by atoms with E-state index in [-0.39, 0.29) is 11.7 Å². The molecule has 3 heterocycles. The second kappa shape index (κ2) is 7.86. The molecule has 4 aromatic rings. The highest BCUT2D eigenvalue weighted by atomic mass is 19.4. The van der Waals surface area contributed by atoms with Gasteiger partial charge in [0.05, 0.1) is 34.1 Å². The van der Waals surface area contributed by atoms with E-state index in [4.69, 9.17) is 0 Å². The second-order valence-corrected chi connectivity index (χ2v) is 7.01. The Morgan fingerprint density at radius 1 is 1.10 bits per heavy atom. The van der Waals surface area contributed by atoms with E-state index in [2.05, 4.69) is 20.4 Å². The first-order valence-electron chi connectivity index (χ1n) is 9.54. The predicted octanol–water partition coefficient (Wildman–Crippen LogP) is 3.68. The number of alkyl halides is 3. The molecule has 0 unspecified atom stereocenters. The summed E-state index contributed by atoms with van der Waals surface area (Å²) in [5.74, 6) is 0.732. The number of nitrogens with one attached hydrogen (secondary N) is 1. The third-order valence-electron chi connectivity index (χ3n) is 5.01. The fourth-order valence-electron chi connectivity index (χ4n) is 3.40. The van der Waals surface area contributed by atoms with Gasteiger partial charge in [-0.2, -0.15) is 18.3 Å². The summed E-state index contributed by atoms with van der Waals surface area (Å²) in [5.41, 5.74) is 1.85. The molecule has 10 heteroatoms. The largest absolute Gasteiger partial charge is 0.417 e. The minimum Gasteiger partial charge on any atom is -0.350 e. The van der Waals surface area contributed by atoms with Crippen molar-refractivity contribution >= 4 is 16.9 Å². The van der Waals surface area contributed by atoms with Gasteiger partial charge in [-0.25, -0.2) is 14.6 Å². The molecule has 4 rings (SSSR count). The molecule has 3 aromatic heterocycles. The van der Waals surface area contributed by atoms with E-state index >= 15 is 0 Å². The van der Waals surface area contributed by atoms with E-state index in [0.29, 0.717) is 24.3 Å². The van der Waals surface area contributed by atoms with Gasteiger partial charge in [-0.15, -0.1) is 0 Å². The van der Waals surface area contributed by atoms with Crippen molar-refractivity contribution in [3.05, 3.63) is 71.4 Å². The number of halogens is 3. The lowest BCUT2D eigenvalue weighted by molar-refractivity contribution is -0.137. The molecule has 0 spiro atoms. The molecule has 0 radical (unpaired) electrons. The van der Waals surface area contributed by atoms with Crippen LogP contribution in [-0.2, 0) is 12.7 Å². The topological polar surface area (TPSA) is 77.6 Å². The first-order valence-corrected chi connectivity index (χ1v) is 9.54. The van der Waals surface area contributed by atoms with Gasteiger partial charge < -0.3 is 9.88 Å². The van der Waals surface area contributed by atoms with Gasteiger partial charge >= 0.3 is 6.18 Å². The highest BCUT2D eigenvalue weighted by molar-refractivity contribution is 5.95. The molecular formula is C21H19F3N6O. The Labute approximate surface area is 175 Å². The van der Waals surface area contributed by atoms with Gasteiger partial charge in [-0.05, 0) is 38.1 Å². The Balaban J connectivity index is 1.45. The molecule has 0 aliphatic carbocycles. The van der Waals surface area contributed by atoms with Crippen molar-refractivity contribution in [2.45, 2.75) is 26.6 Å². The van der Waals surface area contributed by atoms with Crippen LogP contribution in [0.2, 0.25) is 0 Å². The number of carbonyl (C=O) groups is 1. The van der Waals surface area contributed by atoms with E-state index in [1.165, 1.54) is 16.9 Å². The molecule has 0 bridgehead atoms. The van der Waals surface area contributed by atoms with Crippen LogP contribution in [0.3, 0.4) is 0 Å². The van der Waals surface area contributed by atoms with E-state index < -0.39 is 11.7 Å². The number of amides is 1. The third-order valence-corrected chi connectivity index (χ3v) is 5.01. The van der Waals surface area contributed by atoms with Crippen molar-refractivity contribution in [3.63, 3.8) is 0 Å². The van der Waals surface area contributed by atoms with Gasteiger partial charge in [-0.1, -0.05) is 12.1 Å². The van der Waals surface area contributed by atoms with E-state index in [1.807, 2.05) is 35.8 Å². The Kier molecular flexibility index (Phi) is 5.22. The fraction of sp³-hybridized carbons (Fsp3) is 0.238. The van der Waals surface area contributed by atoms with Crippen LogP contribution in [0.15, 0.2) is 48.8 Å². The fourth-order valence-corrected chi connectivity index (χ4v) is 3.40. The number of nitrogens with zero attached hydrogens (tertiary/aromatic N) is 5. The number of pyridine rings is 1. The number of hydrogen-bond donors (Lipinski definition) is 1. The van der Waals surface area contributed by atoms with Crippen LogP contribution in [0.4, 0.5) is 13.2 Å². The van der Waals surface area contributed by atoms with Crippen molar-refractivity contribution in [3.8, 4) is 5.82 Å². The Morgan fingerprint density at radius 3 is 2.58 bits per heavy atom. The molecule has 0 fully saturated rings. The zero-order valence-electron chi connectivity index (χ0n) is 16.8. The van der Waals surface area contributed by atoms with Crippen LogP contribution in [0.5, 0.6) is 0 Å². The van der Waals surface area contributed by atoms with Crippen LogP contribution in [-0.4, -0.2) is 36.8 Å². The van der Waals surface area contributed by atoms with Gasteiger partial charge in [-0.3, -0.25) is 4.79 Å². The molecule has 0 atom stereocenters. The lowest BCUT2D eigenvalue weighted by atomic mass is 10.2. The maximum Gasteiger partial charge on any atom is 0.417 e. The average molecular weight is 428 g/mol. The quantitative estimate of drug-likeness (QED) is 0.526. The molecule has 1 aromatic carbocycles. The lowest BCUT2D eigenvalue weighted by Gasteiger charge is -2.09. The number of benzene rings is 1. The van der Waals surface area contributed by atoms with Gasteiger partial charge in [0.2, 0.25) is 0 Å². The first-order chi connectivity index (χ1) is 14.8. The SMILES string of the molecule is Cc1c(C(=O)NCCn2c(C)nc3ccccc32)cnn1-c1ccc(C(F)(F)F)cn1. The zero-order valence-corrected chi connectivity index (χ0v) is 16.8. The van der Waals surface area contributed by atoms with Crippen LogP contribution in [0.25, 0.3) is 16.9 Å². The average Bonchev–Trinajstić information content (AvgIpc) is 3.27. The van der Waals surface area contributed by atoms with Gasteiger partial charge in [0.15, 0.2) is 5.82 Å². The van der Waals surface area contributed by atoms with Crippen molar-refractivity contribution in [2.75, 3.05) is 6.54 Å². The number of fused-ring (bicyclic) bond motifs is 1. The molecule has 0 saturated carbocycles. The number of hydrogen-bond acceptors (Lipinski definition) is 4. The number of aromatic nitrogens is 5. The normalized spacial score (nSPS) is 11.8. The maximum atomic E-state index is 12.7. The summed E-state index contributed by atoms with van der Waals surface area (Å²) < 4.78 is 41.5. The zero-order chi connectivity index (χ0) is 22.2. The summed E-state index contributed by atoms with van der Waals surface area (Å²) in [7, 11) is 0. The maximum absolute atomic E-state index is 12.7. The standard InChI is InChI=1S/C21H19F3N6O/c1-13-16(12-27-30(13)19-8-7-15(11-26-19)21(22,23)24)20(31)25-9-10-29-14(2)28-17-5-3-4-6-18(17)29/h3-8,11-12H,9-10H2,1-2H3,(H,25,31). The summed E-state index contributed by atoms with van der Waals surface area (Å²) in [6, 6.07) is 9.92. The minimum atomic E-state index is -4.46. The van der Waals surface area contributed by atoms with Crippen LogP contribution in [0, 0.1) is 13.8 Å². The van der Waals surface area contributed by atoms with Crippen molar-refractivity contribution < 1.29 is 18.0 Å². The van der Waals surface area contributed by atoms with Gasteiger partial charge in [0.25, 0.3) is 5.91 Å². The number of rotatable bonds is 5. The Bertz CT molecular complexity index is 1240. The first kappa shape index (κ1) is 20.6. The molecule has 160 valence electrons. The molecule has 0 saturated heterocycles. The lowest BCUT2D eigenvalue weighted by Crippen LogP contribution is -2.27. The second-order valence-electron chi connectivity index (χ2n) is 7.01. The van der Waals surface area contributed by atoms with Crippen molar-refractivity contribution in [1.82, 2.24) is 29.6 Å². The van der Waals surface area contributed by atoms with E-state index in [1.54, 1.807) is 6.92 Å². The van der Waals surface area contributed by atoms with E-state index in [0.717, 1.165) is 29.1 Å². The number of carbonyl (C=O) groups excluding carboxylic acids is 1. The summed E-state index contributed by atoms with van der Waals surface area (Å²) in [5, 5.41) is 6.96. The highest BCUT2D eigenvalue weighted by Crippen LogP contribution is 2.28. The molecular weight excluding hydrogens is 409 g/mol. The summed E-state index contributed by atoms with van der Waals surface area (Å²) >= 11 is 0. The molecule has 1 amide bonds. The summed E-state index contributed by atoms with van der Waals surface area (Å²) in [6.45, 7) is 4.50. The molecule has 1 N–H and O–H groups in total. The van der Waals surface area contributed by atoms with Crippen molar-refractivity contribution in [1.29, 1.82) is 0 Å². The van der Waals surface area contributed by atoms with Crippen LogP contribution < -0.4 is 5.32 Å². The molecule has 7 nitrogen and oxygen atoms in total. The predicted molar refractivity (Wildman–Crippen MR) is 108 cm³/mol.